The summed E-state index contributed by atoms with van der Waals surface area (Å²) in [7, 11) is 0. The van der Waals surface area contributed by atoms with Crippen molar-refractivity contribution >= 4 is 0 Å². The van der Waals surface area contributed by atoms with Crippen LogP contribution in [0, 0.1) is 11.3 Å². The quantitative estimate of drug-likeness (QED) is 0.154. The molecule has 0 aliphatic heterocycles. The van der Waals surface area contributed by atoms with Crippen LogP contribution in [0.4, 0.5) is 0 Å². The molecule has 0 aliphatic rings. The zero-order chi connectivity index (χ0) is 37.7. The van der Waals surface area contributed by atoms with Crippen molar-refractivity contribution < 1.29 is 0 Å². The van der Waals surface area contributed by atoms with Crippen molar-refractivity contribution in [3.8, 4) is 96.7 Å². The van der Waals surface area contributed by atoms with Gasteiger partial charge in [-0.3, -0.25) is 0 Å². The van der Waals surface area contributed by atoms with Gasteiger partial charge in [-0.1, -0.05) is 176 Å². The van der Waals surface area contributed by atoms with Crippen molar-refractivity contribution in [3.05, 3.63) is 194 Å². The summed E-state index contributed by atoms with van der Waals surface area (Å²) in [5.74, 6) is 3.45. The molecule has 0 aliphatic carbocycles. The third-order valence-corrected chi connectivity index (χ3v) is 9.45. The molecule has 262 valence electrons. The molecule has 0 saturated carbocycles. The maximum atomic E-state index is 9.58. The molecule has 0 fully saturated rings. The standard InChI is InChI=1S/C49H31N7/c50-32-33-11-10-18-43(31-33)49-55-47(41-25-19-35(20-26-41)34-12-4-1-5-13-34)54-48(56-49)42-29-23-37(24-30-42)36-21-27-40(28-22-36)46-52-44(38-14-6-2-7-15-38)51-45(53-46)39-16-8-3-9-17-39/h1-31H. The van der Waals surface area contributed by atoms with E-state index in [-0.39, 0.29) is 0 Å². The highest BCUT2D eigenvalue weighted by atomic mass is 15.0. The highest BCUT2D eigenvalue weighted by Crippen LogP contribution is 2.31. The fraction of sp³-hybridized carbons (Fsp3) is 0. The van der Waals surface area contributed by atoms with Crippen LogP contribution in [-0.4, -0.2) is 29.9 Å². The second kappa shape index (κ2) is 15.2. The van der Waals surface area contributed by atoms with Gasteiger partial charge in [0.25, 0.3) is 0 Å². The molecule has 0 unspecified atom stereocenters. The van der Waals surface area contributed by atoms with E-state index in [9.17, 15) is 5.26 Å². The van der Waals surface area contributed by atoms with Gasteiger partial charge in [0, 0.05) is 33.4 Å². The lowest BCUT2D eigenvalue weighted by molar-refractivity contribution is 1.07. The van der Waals surface area contributed by atoms with Crippen LogP contribution in [0.5, 0.6) is 0 Å². The second-order valence-electron chi connectivity index (χ2n) is 13.1. The third-order valence-electron chi connectivity index (χ3n) is 9.45. The Morgan fingerprint density at radius 1 is 0.250 bits per heavy atom. The van der Waals surface area contributed by atoms with Crippen LogP contribution in [0.1, 0.15) is 5.56 Å². The number of hydrogen-bond donors (Lipinski definition) is 0. The molecule has 9 rings (SSSR count). The van der Waals surface area contributed by atoms with Gasteiger partial charge in [-0.05, 0) is 34.4 Å². The van der Waals surface area contributed by atoms with Crippen molar-refractivity contribution in [3.63, 3.8) is 0 Å². The molecule has 2 aromatic heterocycles. The molecule has 0 atom stereocenters. The van der Waals surface area contributed by atoms with Gasteiger partial charge in [-0.2, -0.15) is 5.26 Å². The summed E-state index contributed by atoms with van der Waals surface area (Å²) in [5.41, 5.74) is 10.1. The first-order chi connectivity index (χ1) is 27.7. The maximum Gasteiger partial charge on any atom is 0.164 e. The van der Waals surface area contributed by atoms with Crippen LogP contribution in [0.3, 0.4) is 0 Å². The first-order valence-electron chi connectivity index (χ1n) is 18.2. The van der Waals surface area contributed by atoms with E-state index in [1.165, 1.54) is 0 Å². The van der Waals surface area contributed by atoms with Crippen LogP contribution >= 0.6 is 0 Å². The minimum atomic E-state index is 0.498. The van der Waals surface area contributed by atoms with Gasteiger partial charge in [-0.25, -0.2) is 29.9 Å². The van der Waals surface area contributed by atoms with Gasteiger partial charge in [0.05, 0.1) is 11.6 Å². The lowest BCUT2D eigenvalue weighted by Crippen LogP contribution is -2.00. The zero-order valence-electron chi connectivity index (χ0n) is 30.0. The number of benzene rings is 7. The topological polar surface area (TPSA) is 101 Å². The van der Waals surface area contributed by atoms with Gasteiger partial charge in [-0.15, -0.1) is 0 Å². The highest BCUT2D eigenvalue weighted by molar-refractivity contribution is 5.74. The average Bonchev–Trinajstić information content (AvgIpc) is 3.30. The summed E-state index contributed by atoms with van der Waals surface area (Å²) in [6.45, 7) is 0. The van der Waals surface area contributed by atoms with Crippen LogP contribution in [0.25, 0.3) is 90.6 Å². The smallest absolute Gasteiger partial charge is 0.164 e. The number of rotatable bonds is 8. The molecule has 7 aromatic carbocycles. The minimum absolute atomic E-state index is 0.498. The molecule has 0 spiro atoms. The number of nitriles is 1. The molecule has 0 saturated heterocycles. The molecule has 0 amide bonds. The number of nitrogens with zero attached hydrogens (tertiary/aromatic N) is 7. The predicted molar refractivity (Wildman–Crippen MR) is 221 cm³/mol. The first-order valence-corrected chi connectivity index (χ1v) is 18.2. The Morgan fingerprint density at radius 3 is 0.839 bits per heavy atom. The minimum Gasteiger partial charge on any atom is -0.208 e. The molecule has 56 heavy (non-hydrogen) atoms. The third kappa shape index (κ3) is 7.19. The summed E-state index contributed by atoms with van der Waals surface area (Å²) < 4.78 is 0. The van der Waals surface area contributed by atoms with E-state index >= 15 is 0 Å². The van der Waals surface area contributed by atoms with Crippen LogP contribution in [0.15, 0.2) is 188 Å². The van der Waals surface area contributed by atoms with E-state index in [1.54, 1.807) is 12.1 Å². The van der Waals surface area contributed by atoms with Gasteiger partial charge in [0.2, 0.25) is 0 Å². The molecule has 9 aromatic rings. The van der Waals surface area contributed by atoms with E-state index in [1.807, 2.05) is 127 Å². The summed E-state index contributed by atoms with van der Waals surface area (Å²) in [5, 5.41) is 9.58. The Morgan fingerprint density at radius 2 is 0.500 bits per heavy atom. The van der Waals surface area contributed by atoms with Crippen LogP contribution in [0.2, 0.25) is 0 Å². The normalized spacial score (nSPS) is 10.8. The Balaban J connectivity index is 1.03. The zero-order valence-corrected chi connectivity index (χ0v) is 30.0. The van der Waals surface area contributed by atoms with Crippen LogP contribution < -0.4 is 0 Å². The maximum absolute atomic E-state index is 9.58. The van der Waals surface area contributed by atoms with Crippen molar-refractivity contribution in [1.82, 2.24) is 29.9 Å². The Labute approximate surface area is 324 Å². The molecule has 0 radical (unpaired) electrons. The molecule has 7 heteroatoms. The van der Waals surface area contributed by atoms with Crippen molar-refractivity contribution in [1.29, 1.82) is 5.26 Å². The molecule has 7 nitrogen and oxygen atoms in total. The predicted octanol–water partition coefficient (Wildman–Crippen LogP) is 11.3. The summed E-state index contributed by atoms with van der Waals surface area (Å²) >= 11 is 0. The first kappa shape index (κ1) is 33.9. The number of hydrogen-bond acceptors (Lipinski definition) is 7. The molecule has 0 bridgehead atoms. The fourth-order valence-electron chi connectivity index (χ4n) is 6.49. The average molecular weight is 718 g/mol. The van der Waals surface area contributed by atoms with Crippen molar-refractivity contribution in [2.45, 2.75) is 0 Å². The Kier molecular flexibility index (Phi) is 9.18. The monoisotopic (exact) mass is 717 g/mol. The van der Waals surface area contributed by atoms with E-state index in [4.69, 9.17) is 29.9 Å². The molecule has 0 N–H and O–H groups in total. The van der Waals surface area contributed by atoms with Gasteiger partial charge >= 0.3 is 0 Å². The largest absolute Gasteiger partial charge is 0.208 e. The highest BCUT2D eigenvalue weighted by Gasteiger charge is 2.15. The second-order valence-corrected chi connectivity index (χ2v) is 13.1. The van der Waals surface area contributed by atoms with E-state index in [0.29, 0.717) is 40.5 Å². The summed E-state index contributed by atoms with van der Waals surface area (Å²) in [6, 6.07) is 64.4. The molecular formula is C49H31N7. The molecular weight excluding hydrogens is 687 g/mol. The summed E-state index contributed by atoms with van der Waals surface area (Å²) in [4.78, 5) is 29.3. The van der Waals surface area contributed by atoms with Crippen molar-refractivity contribution in [2.75, 3.05) is 0 Å². The van der Waals surface area contributed by atoms with E-state index in [0.717, 1.165) is 55.6 Å². The molecule has 2 heterocycles. The van der Waals surface area contributed by atoms with Gasteiger partial charge in [0.1, 0.15) is 0 Å². The lowest BCUT2D eigenvalue weighted by Gasteiger charge is -2.10. The van der Waals surface area contributed by atoms with Crippen molar-refractivity contribution in [2.24, 2.45) is 0 Å². The van der Waals surface area contributed by atoms with Gasteiger partial charge < -0.3 is 0 Å². The Bertz CT molecular complexity index is 2760. The van der Waals surface area contributed by atoms with E-state index in [2.05, 4.69) is 54.6 Å². The lowest BCUT2D eigenvalue weighted by atomic mass is 10.0. The fourth-order valence-corrected chi connectivity index (χ4v) is 6.49. The van der Waals surface area contributed by atoms with Gasteiger partial charge in [0.15, 0.2) is 34.9 Å². The summed E-state index contributed by atoms with van der Waals surface area (Å²) in [6.07, 6.45) is 0. The Hall–Kier alpha value is -7.95. The van der Waals surface area contributed by atoms with Crippen LogP contribution in [-0.2, 0) is 0 Å². The number of aromatic nitrogens is 6. The van der Waals surface area contributed by atoms with E-state index < -0.39 is 0 Å². The SMILES string of the molecule is N#Cc1cccc(-c2nc(-c3ccc(-c4ccccc4)cc3)nc(-c3ccc(-c4ccc(-c5nc(-c6ccccc6)nc(-c6ccccc6)n5)cc4)cc3)n2)c1.